The summed E-state index contributed by atoms with van der Waals surface area (Å²) in [6.07, 6.45) is 17.7. The van der Waals surface area contributed by atoms with Gasteiger partial charge in [0.1, 0.15) is 49.1 Å². The van der Waals surface area contributed by atoms with Crippen molar-refractivity contribution in [3.05, 3.63) is 262 Å². The second-order valence-electron chi connectivity index (χ2n) is 29.6. The molecule has 12 aromatic rings. The van der Waals surface area contributed by atoms with Crippen molar-refractivity contribution in [3.63, 3.8) is 0 Å². The number of thiophene rings is 3. The maximum absolute atomic E-state index is 13.8. The van der Waals surface area contributed by atoms with Crippen molar-refractivity contribution >= 4 is 81.6 Å². The van der Waals surface area contributed by atoms with Crippen molar-refractivity contribution in [1.82, 2.24) is 4.90 Å². The normalized spacial score (nSPS) is 12.4. The van der Waals surface area contributed by atoms with Crippen molar-refractivity contribution in [2.75, 3.05) is 19.6 Å². The Labute approximate surface area is 651 Å². The summed E-state index contributed by atoms with van der Waals surface area (Å²) in [6.45, 7) is 30.1. The van der Waals surface area contributed by atoms with Crippen LogP contribution in [0.5, 0.6) is 51.7 Å². The molecule has 0 unspecified atom stereocenters. The van der Waals surface area contributed by atoms with Gasteiger partial charge in [0.05, 0.1) is 0 Å². The summed E-state index contributed by atoms with van der Waals surface area (Å²) in [6, 6.07) is 52.4. The quantitative estimate of drug-likeness (QED) is 0.0426. The Kier molecular flexibility index (Phi) is 27.1. The van der Waals surface area contributed by atoms with Gasteiger partial charge in [0.15, 0.2) is 17.2 Å². The molecule has 0 radical (unpaired) electrons. The second-order valence-corrected chi connectivity index (χ2v) is 32.8. The van der Waals surface area contributed by atoms with Crippen LogP contribution in [-0.2, 0) is 19.3 Å². The first-order chi connectivity index (χ1) is 52.0. The molecule has 13 heteroatoms. The number of fused-ring (bicyclic) bond motifs is 3. The van der Waals surface area contributed by atoms with Gasteiger partial charge in [0.25, 0.3) is 0 Å². The number of hydrogen-bond donors (Lipinski definition) is 3. The van der Waals surface area contributed by atoms with Gasteiger partial charge in [0.2, 0.25) is 17.3 Å². The van der Waals surface area contributed by atoms with E-state index in [0.717, 1.165) is 142 Å². The molecule has 9 aromatic carbocycles. The van der Waals surface area contributed by atoms with E-state index >= 15 is 0 Å². The van der Waals surface area contributed by atoms with Crippen molar-refractivity contribution in [2.45, 2.75) is 180 Å². The summed E-state index contributed by atoms with van der Waals surface area (Å²) >= 11 is 4.10. The van der Waals surface area contributed by atoms with Crippen LogP contribution in [0.3, 0.4) is 0 Å². The predicted octanol–water partition coefficient (Wildman–Crippen LogP) is 26.2. The minimum Gasteiger partial charge on any atom is -0.508 e. The van der Waals surface area contributed by atoms with Gasteiger partial charge in [-0.3, -0.25) is 14.4 Å². The number of hydrogen-bond acceptors (Lipinski definition) is 13. The van der Waals surface area contributed by atoms with Gasteiger partial charge >= 0.3 is 0 Å². The molecular weight excluding hydrogens is 1400 g/mol. The fourth-order valence-corrected chi connectivity index (χ4v) is 18.9. The Bertz CT molecular complexity index is 5070. The van der Waals surface area contributed by atoms with Crippen molar-refractivity contribution in [1.29, 1.82) is 0 Å². The van der Waals surface area contributed by atoms with E-state index in [4.69, 9.17) is 14.2 Å². The third-order valence-electron chi connectivity index (χ3n) is 21.3. The van der Waals surface area contributed by atoms with Crippen LogP contribution >= 0.6 is 34.0 Å². The molecule has 1 aliphatic carbocycles. The molecule has 0 spiro atoms. The molecule has 1 saturated carbocycles. The molecule has 562 valence electrons. The van der Waals surface area contributed by atoms with Gasteiger partial charge in [-0.1, -0.05) is 175 Å². The predicted molar refractivity (Wildman–Crippen MR) is 450 cm³/mol. The highest BCUT2D eigenvalue weighted by molar-refractivity contribution is 7.22. The average molecular weight is 1500 g/mol. The van der Waals surface area contributed by atoms with Gasteiger partial charge in [-0.05, 0) is 260 Å². The Balaban J connectivity index is 0.000000161. The molecule has 0 bridgehead atoms. The van der Waals surface area contributed by atoms with Gasteiger partial charge in [-0.15, -0.1) is 34.0 Å². The summed E-state index contributed by atoms with van der Waals surface area (Å²) in [7, 11) is 0. The Morgan fingerprint density at radius 3 is 1.04 bits per heavy atom. The van der Waals surface area contributed by atoms with Crippen LogP contribution in [0.4, 0.5) is 0 Å². The monoisotopic (exact) mass is 1500 g/mol. The number of phenolic OH excluding ortho intramolecular Hbond substituents is 3. The summed E-state index contributed by atoms with van der Waals surface area (Å²) in [5.41, 5.74) is 15.2. The average Bonchev–Trinajstić information content (AvgIpc) is 1.63. The number of ketones is 3. The minimum absolute atomic E-state index is 0.0370. The van der Waals surface area contributed by atoms with E-state index in [2.05, 4.69) is 69.0 Å². The number of rotatable bonds is 27. The Hall–Kier alpha value is -9.37. The van der Waals surface area contributed by atoms with Crippen LogP contribution in [-0.4, -0.2) is 57.2 Å². The topological polar surface area (TPSA) is 143 Å². The van der Waals surface area contributed by atoms with Crippen molar-refractivity contribution in [2.24, 2.45) is 11.8 Å². The molecule has 0 atom stereocenters. The van der Waals surface area contributed by atoms with E-state index in [-0.39, 0.29) is 34.6 Å². The lowest BCUT2D eigenvalue weighted by atomic mass is 9.85. The molecule has 10 nitrogen and oxygen atoms in total. The number of carbonyl (C=O) groups excluding carboxylic acids is 3. The highest BCUT2D eigenvalue weighted by Gasteiger charge is 2.29. The highest BCUT2D eigenvalue weighted by atomic mass is 32.1. The third kappa shape index (κ3) is 19.5. The summed E-state index contributed by atoms with van der Waals surface area (Å²) < 4.78 is 21.7. The van der Waals surface area contributed by atoms with Gasteiger partial charge in [-0.25, -0.2) is 0 Å². The molecule has 3 N–H and O–H groups in total. The molecule has 108 heavy (non-hydrogen) atoms. The minimum atomic E-state index is -0.0495. The van der Waals surface area contributed by atoms with E-state index in [1.54, 1.807) is 36.4 Å². The Morgan fingerprint density at radius 2 is 0.722 bits per heavy atom. The number of ether oxygens (including phenoxy) is 3. The van der Waals surface area contributed by atoms with Crippen LogP contribution in [0.1, 0.15) is 211 Å². The van der Waals surface area contributed by atoms with E-state index in [9.17, 15) is 29.7 Å². The number of carbonyl (C=O) groups is 3. The van der Waals surface area contributed by atoms with Crippen LogP contribution in [0.25, 0.3) is 30.3 Å². The maximum atomic E-state index is 13.8. The zero-order chi connectivity index (χ0) is 76.9. The lowest BCUT2D eigenvalue weighted by Crippen LogP contribution is -2.25. The number of aromatic hydroxyl groups is 3. The van der Waals surface area contributed by atoms with E-state index in [1.807, 2.05) is 153 Å². The smallest absolute Gasteiger partial charge is 0.207 e. The third-order valence-corrected chi connectivity index (χ3v) is 24.7. The standard InChI is InChI=1S/C33H36O3S.C32H36O3S.C30H33NO3S/c1-21-18-22(2)30(23(3)19-21)31(35)33-32(28-17-14-26(34)20-29(28)37-33)36-27-15-12-25(13-16-27)11-7-10-24-8-5-4-6-9-24;1-6-23(7-2)9-8-10-24-11-14-26(15-12-24)35-31-27-16-13-25(33)19-28(27)36-32(31)30(34)29-21(4)17-20(3)18-22(29)5;1-6-31(7-2)15-14-22-8-11-24(12-9-22)34-29-25-13-10-23(32)18-26(25)35-30(29)28(33)27-20(4)16-19(3)17-21(27)5/h12-20,24,34H,4-11H2,1-3H3;11-19,23,33H,6-10H2,1-5H3;8-13,16-18,32H,6-7,14-15H2,1-5H3. The zero-order valence-electron chi connectivity index (χ0n) is 65.2. The first-order valence-electron chi connectivity index (χ1n) is 38.7. The number of aryl methyl sites for hydroxylation is 11. The van der Waals surface area contributed by atoms with E-state index in [1.165, 1.54) is 121 Å². The fourth-order valence-electron chi connectivity index (χ4n) is 15.6. The van der Waals surface area contributed by atoms with Crippen LogP contribution in [0.15, 0.2) is 164 Å². The van der Waals surface area contributed by atoms with Gasteiger partial charge < -0.3 is 34.4 Å². The summed E-state index contributed by atoms with van der Waals surface area (Å²) in [5, 5.41) is 32.6. The maximum Gasteiger partial charge on any atom is 0.207 e. The number of phenols is 3. The molecule has 0 amide bonds. The second kappa shape index (κ2) is 36.7. The lowest BCUT2D eigenvalue weighted by molar-refractivity contribution is 0.103. The summed E-state index contributed by atoms with van der Waals surface area (Å²) in [4.78, 5) is 45.5. The first kappa shape index (κ1) is 79.7. The SMILES string of the molecule is CCC(CC)CCCc1ccc(Oc2c(C(=O)c3c(C)cc(C)cc3C)sc3cc(O)ccc23)cc1.CCN(CC)CCc1ccc(Oc2c(C(=O)c3c(C)cc(C)cc3C)sc3cc(O)ccc23)cc1.Cc1cc(C)c(C(=O)c2sc3cc(O)ccc3c2Oc2ccc(CCCC3CCCCC3)cc2)c(C)c1. The van der Waals surface area contributed by atoms with E-state index < -0.39 is 0 Å². The number of likely N-dealkylation sites (N-methyl/N-ethyl adjacent to an activating group) is 1. The summed E-state index contributed by atoms with van der Waals surface area (Å²) in [5.74, 6) is 5.91. The lowest BCUT2D eigenvalue weighted by Gasteiger charge is -2.21. The van der Waals surface area contributed by atoms with Crippen LogP contribution < -0.4 is 14.2 Å². The van der Waals surface area contributed by atoms with E-state index in [0.29, 0.717) is 54.5 Å². The Morgan fingerprint density at radius 1 is 0.407 bits per heavy atom. The molecule has 1 aliphatic rings. The molecule has 1 fully saturated rings. The molecule has 3 aromatic heterocycles. The van der Waals surface area contributed by atoms with Crippen LogP contribution in [0, 0.1) is 74.1 Å². The molecule has 3 heterocycles. The zero-order valence-corrected chi connectivity index (χ0v) is 67.7. The molecule has 0 aliphatic heterocycles. The molecular formula is C95H105NO9S3. The van der Waals surface area contributed by atoms with Crippen molar-refractivity contribution < 1.29 is 43.9 Å². The largest absolute Gasteiger partial charge is 0.508 e. The number of benzene rings is 9. The van der Waals surface area contributed by atoms with Crippen LogP contribution in [0.2, 0.25) is 0 Å². The highest BCUT2D eigenvalue weighted by Crippen LogP contribution is 2.47. The van der Waals surface area contributed by atoms with Crippen molar-refractivity contribution in [3.8, 4) is 51.7 Å². The fraction of sp³-hybridized carbons (Fsp3) is 0.337. The van der Waals surface area contributed by atoms with Gasteiger partial charge in [0, 0.05) is 53.5 Å². The molecule has 0 saturated heterocycles. The first-order valence-corrected chi connectivity index (χ1v) is 41.1. The number of nitrogens with zero attached hydrogens (tertiary/aromatic N) is 1. The molecule has 13 rings (SSSR count). The van der Waals surface area contributed by atoms with Gasteiger partial charge in [-0.2, -0.15) is 0 Å².